The maximum Gasteiger partial charge on any atom is 0.0992 e. The molecular weight excluding hydrogens is 258 g/mol. The van der Waals surface area contributed by atoms with Gasteiger partial charge in [-0.2, -0.15) is 5.26 Å². The van der Waals surface area contributed by atoms with Gasteiger partial charge in [-0.25, -0.2) is 0 Å². The molecule has 0 amide bonds. The Bertz CT molecular complexity index is 674. The van der Waals surface area contributed by atoms with E-state index in [9.17, 15) is 0 Å². The zero-order valence-electron chi connectivity index (χ0n) is 12.3. The average molecular weight is 279 g/mol. The SMILES string of the molecule is N#Cc1ccc2ccn(CCNC(C3CC3)C3CC3)c2c1. The van der Waals surface area contributed by atoms with Crippen molar-refractivity contribution in [2.75, 3.05) is 6.54 Å². The monoisotopic (exact) mass is 279 g/mol. The van der Waals surface area contributed by atoms with Crippen LogP contribution in [-0.4, -0.2) is 17.2 Å². The number of hydrogen-bond acceptors (Lipinski definition) is 2. The van der Waals surface area contributed by atoms with E-state index in [0.29, 0.717) is 0 Å². The summed E-state index contributed by atoms with van der Waals surface area (Å²) in [6, 6.07) is 11.0. The number of fused-ring (bicyclic) bond motifs is 1. The predicted molar refractivity (Wildman–Crippen MR) is 83.9 cm³/mol. The topological polar surface area (TPSA) is 40.8 Å². The molecule has 0 saturated heterocycles. The Morgan fingerprint density at radius 2 is 1.95 bits per heavy atom. The van der Waals surface area contributed by atoms with Crippen LogP contribution >= 0.6 is 0 Å². The molecule has 0 spiro atoms. The van der Waals surface area contributed by atoms with E-state index < -0.39 is 0 Å². The normalized spacial score (nSPS) is 18.3. The molecule has 0 unspecified atom stereocenters. The molecule has 1 aromatic carbocycles. The van der Waals surface area contributed by atoms with Crippen molar-refractivity contribution in [2.24, 2.45) is 11.8 Å². The van der Waals surface area contributed by atoms with Gasteiger partial charge in [-0.1, -0.05) is 6.07 Å². The van der Waals surface area contributed by atoms with E-state index in [0.717, 1.165) is 36.5 Å². The highest BCUT2D eigenvalue weighted by Crippen LogP contribution is 2.44. The summed E-state index contributed by atoms with van der Waals surface area (Å²) < 4.78 is 2.26. The standard InChI is InChI=1S/C18H21N3/c19-12-13-1-2-14-7-9-21(17(14)11-13)10-8-20-18(15-3-4-15)16-5-6-16/h1-2,7,9,11,15-16,18,20H,3-6,8,10H2. The van der Waals surface area contributed by atoms with Gasteiger partial charge in [-0.05, 0) is 61.1 Å². The first-order valence-corrected chi connectivity index (χ1v) is 8.07. The van der Waals surface area contributed by atoms with Crippen LogP contribution in [-0.2, 0) is 6.54 Å². The van der Waals surface area contributed by atoms with Gasteiger partial charge >= 0.3 is 0 Å². The molecule has 2 aromatic rings. The molecular formula is C18H21N3. The number of nitriles is 1. The van der Waals surface area contributed by atoms with E-state index >= 15 is 0 Å². The predicted octanol–water partition coefficient (Wildman–Crippen LogP) is 3.29. The van der Waals surface area contributed by atoms with Gasteiger partial charge in [0.25, 0.3) is 0 Å². The molecule has 0 atom stereocenters. The van der Waals surface area contributed by atoms with Crippen LogP contribution in [0.5, 0.6) is 0 Å². The van der Waals surface area contributed by atoms with Crippen molar-refractivity contribution in [3.8, 4) is 6.07 Å². The summed E-state index contributed by atoms with van der Waals surface area (Å²) in [6.07, 6.45) is 7.83. The van der Waals surface area contributed by atoms with Crippen molar-refractivity contribution >= 4 is 10.9 Å². The van der Waals surface area contributed by atoms with Gasteiger partial charge in [-0.3, -0.25) is 0 Å². The van der Waals surface area contributed by atoms with E-state index in [2.05, 4.69) is 28.2 Å². The molecule has 2 fully saturated rings. The summed E-state index contributed by atoms with van der Waals surface area (Å²) in [5.74, 6) is 1.90. The number of rotatable bonds is 6. The molecule has 0 radical (unpaired) electrons. The lowest BCUT2D eigenvalue weighted by Crippen LogP contribution is -2.35. The zero-order valence-corrected chi connectivity index (χ0v) is 12.3. The fraction of sp³-hybridized carbons (Fsp3) is 0.500. The maximum atomic E-state index is 9.04. The minimum atomic E-state index is 0.740. The van der Waals surface area contributed by atoms with Crippen LogP contribution < -0.4 is 5.32 Å². The number of benzene rings is 1. The van der Waals surface area contributed by atoms with Crippen molar-refractivity contribution in [1.82, 2.24) is 9.88 Å². The van der Waals surface area contributed by atoms with Gasteiger partial charge in [0, 0.05) is 30.8 Å². The van der Waals surface area contributed by atoms with Crippen molar-refractivity contribution in [3.05, 3.63) is 36.0 Å². The lowest BCUT2D eigenvalue weighted by Gasteiger charge is -2.18. The summed E-state index contributed by atoms with van der Waals surface area (Å²) >= 11 is 0. The van der Waals surface area contributed by atoms with E-state index in [-0.39, 0.29) is 0 Å². The summed E-state index contributed by atoms with van der Waals surface area (Å²) in [4.78, 5) is 0. The minimum Gasteiger partial charge on any atom is -0.346 e. The van der Waals surface area contributed by atoms with Gasteiger partial charge in [0.1, 0.15) is 0 Å². The van der Waals surface area contributed by atoms with Gasteiger partial charge in [-0.15, -0.1) is 0 Å². The number of aromatic nitrogens is 1. The number of nitrogens with one attached hydrogen (secondary N) is 1. The summed E-state index contributed by atoms with van der Waals surface area (Å²) in [6.45, 7) is 2.01. The summed E-state index contributed by atoms with van der Waals surface area (Å²) in [5.41, 5.74) is 1.91. The van der Waals surface area contributed by atoms with Crippen LogP contribution in [0.2, 0.25) is 0 Å². The van der Waals surface area contributed by atoms with Crippen LogP contribution in [0.4, 0.5) is 0 Å². The van der Waals surface area contributed by atoms with Crippen LogP contribution in [0.1, 0.15) is 31.2 Å². The summed E-state index contributed by atoms with van der Waals surface area (Å²) in [5, 5.41) is 14.0. The molecule has 108 valence electrons. The van der Waals surface area contributed by atoms with E-state index in [1.165, 1.54) is 36.6 Å². The van der Waals surface area contributed by atoms with Crippen molar-refractivity contribution in [2.45, 2.75) is 38.3 Å². The molecule has 3 heteroatoms. The fourth-order valence-corrected chi connectivity index (χ4v) is 3.43. The first-order valence-electron chi connectivity index (χ1n) is 8.07. The van der Waals surface area contributed by atoms with Crippen LogP contribution in [0.15, 0.2) is 30.5 Å². The number of hydrogen-bond donors (Lipinski definition) is 1. The first-order chi connectivity index (χ1) is 10.3. The van der Waals surface area contributed by atoms with Crippen LogP contribution in [0.25, 0.3) is 10.9 Å². The Balaban J connectivity index is 1.43. The molecule has 0 bridgehead atoms. The van der Waals surface area contributed by atoms with Gasteiger partial charge in [0.2, 0.25) is 0 Å². The highest BCUT2D eigenvalue weighted by Gasteiger charge is 2.40. The zero-order chi connectivity index (χ0) is 14.2. The molecule has 1 N–H and O–H groups in total. The molecule has 4 rings (SSSR count). The van der Waals surface area contributed by atoms with Gasteiger partial charge < -0.3 is 9.88 Å². The Labute approximate surface area is 125 Å². The van der Waals surface area contributed by atoms with Gasteiger partial charge in [0.05, 0.1) is 11.6 Å². The summed E-state index contributed by atoms with van der Waals surface area (Å²) in [7, 11) is 0. The second-order valence-electron chi connectivity index (χ2n) is 6.55. The van der Waals surface area contributed by atoms with E-state index in [4.69, 9.17) is 5.26 Å². The second-order valence-corrected chi connectivity index (χ2v) is 6.55. The third-order valence-electron chi connectivity index (χ3n) is 4.90. The van der Waals surface area contributed by atoms with Gasteiger partial charge in [0.15, 0.2) is 0 Å². The molecule has 21 heavy (non-hydrogen) atoms. The smallest absolute Gasteiger partial charge is 0.0992 e. The highest BCUT2D eigenvalue weighted by atomic mass is 15.0. The number of nitrogens with zero attached hydrogens (tertiary/aromatic N) is 2. The lowest BCUT2D eigenvalue weighted by atomic mass is 10.1. The first kappa shape index (κ1) is 12.9. The maximum absolute atomic E-state index is 9.04. The third kappa shape index (κ3) is 2.69. The molecule has 1 heterocycles. The molecule has 2 aliphatic carbocycles. The van der Waals surface area contributed by atoms with Crippen molar-refractivity contribution < 1.29 is 0 Å². The van der Waals surface area contributed by atoms with Crippen LogP contribution in [0, 0.1) is 23.2 Å². The second kappa shape index (κ2) is 5.20. The molecule has 3 nitrogen and oxygen atoms in total. The van der Waals surface area contributed by atoms with E-state index in [1.807, 2.05) is 18.2 Å². The minimum absolute atomic E-state index is 0.740. The average Bonchev–Trinajstić information content (AvgIpc) is 3.42. The Hall–Kier alpha value is -1.79. The molecule has 0 aliphatic heterocycles. The van der Waals surface area contributed by atoms with Crippen molar-refractivity contribution in [3.63, 3.8) is 0 Å². The Morgan fingerprint density at radius 3 is 2.62 bits per heavy atom. The molecule has 1 aromatic heterocycles. The Kier molecular flexibility index (Phi) is 3.20. The molecule has 2 saturated carbocycles. The third-order valence-corrected chi connectivity index (χ3v) is 4.90. The van der Waals surface area contributed by atoms with E-state index in [1.54, 1.807) is 0 Å². The molecule has 2 aliphatic rings. The fourth-order valence-electron chi connectivity index (χ4n) is 3.43. The van der Waals surface area contributed by atoms with Crippen molar-refractivity contribution in [1.29, 1.82) is 5.26 Å². The largest absolute Gasteiger partial charge is 0.346 e. The Morgan fingerprint density at radius 1 is 1.19 bits per heavy atom. The lowest BCUT2D eigenvalue weighted by molar-refractivity contribution is 0.408. The van der Waals surface area contributed by atoms with Crippen LogP contribution in [0.3, 0.4) is 0 Å². The quantitative estimate of drug-likeness (QED) is 0.881. The highest BCUT2D eigenvalue weighted by molar-refractivity contribution is 5.81.